The Bertz CT molecular complexity index is 835. The van der Waals surface area contributed by atoms with Crippen LogP contribution in [0, 0.1) is 12.8 Å². The van der Waals surface area contributed by atoms with Gasteiger partial charge in [-0.2, -0.15) is 0 Å². The van der Waals surface area contributed by atoms with Gasteiger partial charge in [0.05, 0.1) is 18.4 Å². The molecule has 0 unspecified atom stereocenters. The number of rotatable bonds is 7. The van der Waals surface area contributed by atoms with Crippen LogP contribution in [0.2, 0.25) is 0 Å². The lowest BCUT2D eigenvalue weighted by molar-refractivity contribution is 0.282. The maximum atomic E-state index is 12.2. The first-order valence-corrected chi connectivity index (χ1v) is 11.9. The van der Waals surface area contributed by atoms with Crippen molar-refractivity contribution in [3.63, 3.8) is 0 Å². The highest BCUT2D eigenvalue weighted by Gasteiger charge is 2.23. The number of sulfone groups is 1. The Morgan fingerprint density at radius 3 is 2.62 bits per heavy atom. The molecule has 0 aromatic carbocycles. The molecule has 1 aliphatic rings. The normalized spacial score (nSPS) is 16.5. The molecule has 1 fully saturated rings. The van der Waals surface area contributed by atoms with Crippen LogP contribution in [0.5, 0.6) is 0 Å². The van der Waals surface area contributed by atoms with Crippen LogP contribution < -0.4 is 0 Å². The zero-order valence-electron chi connectivity index (χ0n) is 15.8. The van der Waals surface area contributed by atoms with Crippen LogP contribution in [0.15, 0.2) is 16.7 Å². The van der Waals surface area contributed by atoms with Gasteiger partial charge in [0.25, 0.3) is 0 Å². The second-order valence-corrected chi connectivity index (χ2v) is 10.3. The maximum Gasteiger partial charge on any atom is 0.227 e. The molecule has 26 heavy (non-hydrogen) atoms. The molecule has 2 aromatic rings. The van der Waals surface area contributed by atoms with E-state index < -0.39 is 9.84 Å². The van der Waals surface area contributed by atoms with Gasteiger partial charge in [-0.05, 0) is 32.7 Å². The predicted molar refractivity (Wildman–Crippen MR) is 104 cm³/mol. The molecule has 1 saturated carbocycles. The first kappa shape index (κ1) is 19.5. The van der Waals surface area contributed by atoms with Crippen molar-refractivity contribution in [1.29, 1.82) is 0 Å². The Morgan fingerprint density at radius 1 is 1.27 bits per heavy atom. The topological polar surface area (TPSA) is 68.1 Å². The summed E-state index contributed by atoms with van der Waals surface area (Å²) in [7, 11) is -1.30. The Kier molecular flexibility index (Phi) is 6.14. The Morgan fingerprint density at radius 2 is 2.00 bits per heavy atom. The zero-order chi connectivity index (χ0) is 18.7. The summed E-state index contributed by atoms with van der Waals surface area (Å²) in [5.41, 5.74) is 2.01. The van der Waals surface area contributed by atoms with Crippen molar-refractivity contribution in [3.05, 3.63) is 28.0 Å². The van der Waals surface area contributed by atoms with Crippen molar-refractivity contribution in [2.24, 2.45) is 5.92 Å². The summed E-state index contributed by atoms with van der Waals surface area (Å²) >= 11 is 1.66. The Balaban J connectivity index is 1.77. The van der Waals surface area contributed by atoms with Crippen molar-refractivity contribution < 1.29 is 8.42 Å². The molecule has 0 spiro atoms. The van der Waals surface area contributed by atoms with E-state index in [-0.39, 0.29) is 5.16 Å². The molecule has 0 atom stereocenters. The summed E-state index contributed by atoms with van der Waals surface area (Å²) in [4.78, 5) is 10.9. The maximum absolute atomic E-state index is 12.2. The van der Waals surface area contributed by atoms with Gasteiger partial charge in [-0.25, -0.2) is 18.4 Å². The van der Waals surface area contributed by atoms with E-state index in [9.17, 15) is 8.42 Å². The summed E-state index contributed by atoms with van der Waals surface area (Å²) in [5.74, 6) is 0.545. The van der Waals surface area contributed by atoms with Crippen LogP contribution in [0.1, 0.15) is 48.5 Å². The smallest absolute Gasteiger partial charge is 0.227 e. The van der Waals surface area contributed by atoms with Crippen LogP contribution in [-0.4, -0.2) is 41.2 Å². The Labute approximate surface area is 160 Å². The molecular formula is C18H28N4O2S2. The molecule has 0 N–H and O–H groups in total. The van der Waals surface area contributed by atoms with Crippen LogP contribution >= 0.6 is 11.3 Å². The number of imidazole rings is 1. The third-order valence-electron chi connectivity index (χ3n) is 4.90. The van der Waals surface area contributed by atoms with E-state index in [1.807, 2.05) is 18.5 Å². The number of aromatic nitrogens is 3. The highest BCUT2D eigenvalue weighted by Crippen LogP contribution is 2.27. The molecule has 2 aromatic heterocycles. The minimum absolute atomic E-state index is 0.205. The largest absolute Gasteiger partial charge is 0.317 e. The average molecular weight is 397 g/mol. The second kappa shape index (κ2) is 8.19. The van der Waals surface area contributed by atoms with Crippen LogP contribution in [0.3, 0.4) is 0 Å². The fourth-order valence-corrected chi connectivity index (χ4v) is 5.36. The highest BCUT2D eigenvalue weighted by molar-refractivity contribution is 7.90. The van der Waals surface area contributed by atoms with Gasteiger partial charge in [-0.3, -0.25) is 4.90 Å². The monoisotopic (exact) mass is 396 g/mol. The first-order chi connectivity index (χ1) is 12.3. The lowest BCUT2D eigenvalue weighted by Gasteiger charge is -2.24. The van der Waals surface area contributed by atoms with Crippen molar-refractivity contribution in [1.82, 2.24) is 19.4 Å². The minimum Gasteiger partial charge on any atom is -0.317 e. The van der Waals surface area contributed by atoms with Gasteiger partial charge >= 0.3 is 0 Å². The van der Waals surface area contributed by atoms with Gasteiger partial charge in [-0.1, -0.05) is 19.3 Å². The summed E-state index contributed by atoms with van der Waals surface area (Å²) in [6.45, 7) is 4.16. The van der Waals surface area contributed by atoms with E-state index in [1.54, 1.807) is 17.5 Å². The van der Waals surface area contributed by atoms with Crippen LogP contribution in [0.4, 0.5) is 0 Å². The first-order valence-electron chi connectivity index (χ1n) is 9.17. The van der Waals surface area contributed by atoms with Gasteiger partial charge in [0.2, 0.25) is 15.0 Å². The van der Waals surface area contributed by atoms with E-state index in [1.165, 1.54) is 38.4 Å². The summed E-state index contributed by atoms with van der Waals surface area (Å²) in [6.07, 6.45) is 9.10. The average Bonchev–Trinajstić information content (AvgIpc) is 3.15. The standard InChI is InChI=1S/C18H28N4O2S2/c1-14-13-25-17(20-14)12-21(2)11-16-9-19-18(26(3,23)24)22(16)10-15-7-5-4-6-8-15/h9,13,15H,4-8,10-12H2,1-3H3. The third-order valence-corrected chi connectivity index (χ3v) is 6.84. The quantitative estimate of drug-likeness (QED) is 0.718. The van der Waals surface area contributed by atoms with E-state index in [2.05, 4.69) is 20.2 Å². The van der Waals surface area contributed by atoms with Crippen molar-refractivity contribution in [3.8, 4) is 0 Å². The number of hydrogen-bond acceptors (Lipinski definition) is 6. The molecule has 0 bridgehead atoms. The van der Waals surface area contributed by atoms with Gasteiger partial charge in [0.1, 0.15) is 5.01 Å². The fraction of sp³-hybridized carbons (Fsp3) is 0.667. The molecule has 6 nitrogen and oxygen atoms in total. The predicted octanol–water partition coefficient (Wildman–Crippen LogP) is 3.26. The van der Waals surface area contributed by atoms with Crippen molar-refractivity contribution in [2.75, 3.05) is 13.3 Å². The third kappa shape index (κ3) is 4.92. The van der Waals surface area contributed by atoms with Crippen LogP contribution in [-0.2, 0) is 29.5 Å². The lowest BCUT2D eigenvalue weighted by Crippen LogP contribution is -2.23. The lowest BCUT2D eigenvalue weighted by atomic mass is 9.89. The molecule has 0 radical (unpaired) electrons. The molecular weight excluding hydrogens is 368 g/mol. The number of thiazole rings is 1. The number of hydrogen-bond donors (Lipinski definition) is 0. The number of aryl methyl sites for hydroxylation is 1. The molecule has 0 aliphatic heterocycles. The highest BCUT2D eigenvalue weighted by atomic mass is 32.2. The molecule has 0 amide bonds. The molecule has 2 heterocycles. The van der Waals surface area contributed by atoms with Crippen molar-refractivity contribution in [2.45, 2.75) is 63.8 Å². The van der Waals surface area contributed by atoms with E-state index in [0.29, 0.717) is 12.5 Å². The van der Waals surface area contributed by atoms with Gasteiger partial charge < -0.3 is 4.57 Å². The van der Waals surface area contributed by atoms with E-state index in [0.717, 1.165) is 29.5 Å². The molecule has 3 rings (SSSR count). The van der Waals surface area contributed by atoms with Gasteiger partial charge in [0.15, 0.2) is 0 Å². The second-order valence-electron chi connectivity index (χ2n) is 7.47. The van der Waals surface area contributed by atoms with Gasteiger partial charge in [0, 0.05) is 30.4 Å². The summed E-state index contributed by atoms with van der Waals surface area (Å²) < 4.78 is 26.3. The molecule has 144 valence electrons. The van der Waals surface area contributed by atoms with Crippen molar-refractivity contribution >= 4 is 21.2 Å². The molecule has 1 aliphatic carbocycles. The fourth-order valence-electron chi connectivity index (χ4n) is 3.68. The minimum atomic E-state index is -3.33. The zero-order valence-corrected chi connectivity index (χ0v) is 17.4. The molecule has 8 heteroatoms. The Hall–Kier alpha value is -1.25. The van der Waals surface area contributed by atoms with E-state index >= 15 is 0 Å². The van der Waals surface area contributed by atoms with Gasteiger partial charge in [-0.15, -0.1) is 11.3 Å². The SMILES string of the molecule is Cc1csc(CN(C)Cc2cnc(S(C)(=O)=O)n2CC2CCCCC2)n1. The summed E-state index contributed by atoms with van der Waals surface area (Å²) in [6, 6.07) is 0. The summed E-state index contributed by atoms with van der Waals surface area (Å²) in [5, 5.41) is 3.33. The van der Waals surface area contributed by atoms with E-state index in [4.69, 9.17) is 0 Å². The van der Waals surface area contributed by atoms with Crippen LogP contribution in [0.25, 0.3) is 0 Å². The molecule has 0 saturated heterocycles. The number of nitrogens with zero attached hydrogens (tertiary/aromatic N) is 4.